The maximum absolute atomic E-state index is 11.8. The molecule has 0 aliphatic rings. The second kappa shape index (κ2) is 6.35. The molecule has 2 aromatic rings. The number of nitrogens with zero attached hydrogens (tertiary/aromatic N) is 3. The van der Waals surface area contributed by atoms with Crippen LogP contribution in [0.4, 0.5) is 10.5 Å². The van der Waals surface area contributed by atoms with E-state index in [1.807, 2.05) is 0 Å². The van der Waals surface area contributed by atoms with Gasteiger partial charge >= 0.3 is 12.0 Å². The number of hydrogen-bond acceptors (Lipinski definition) is 4. The molecule has 0 bridgehead atoms. The van der Waals surface area contributed by atoms with Crippen LogP contribution in [0.5, 0.6) is 0 Å². The Kier molecular flexibility index (Phi) is 4.53. The third-order valence-electron chi connectivity index (χ3n) is 2.67. The molecule has 2 amide bonds. The molecule has 1 aromatic carbocycles. The van der Waals surface area contributed by atoms with E-state index in [0.29, 0.717) is 10.3 Å². The second-order valence-corrected chi connectivity index (χ2v) is 5.08. The van der Waals surface area contributed by atoms with Crippen LogP contribution in [0.3, 0.4) is 0 Å². The number of halogens is 1. The van der Waals surface area contributed by atoms with Crippen molar-refractivity contribution in [1.29, 1.82) is 0 Å². The number of anilines is 1. The van der Waals surface area contributed by atoms with Gasteiger partial charge in [-0.2, -0.15) is 0 Å². The van der Waals surface area contributed by atoms with Crippen molar-refractivity contribution in [2.45, 2.75) is 6.54 Å². The highest BCUT2D eigenvalue weighted by atomic mass is 79.9. The van der Waals surface area contributed by atoms with Crippen LogP contribution in [-0.4, -0.2) is 31.9 Å². The van der Waals surface area contributed by atoms with Crippen LogP contribution in [0.1, 0.15) is 16.2 Å². The zero-order valence-corrected chi connectivity index (χ0v) is 12.6. The van der Waals surface area contributed by atoms with Crippen molar-refractivity contribution < 1.29 is 14.7 Å². The molecule has 21 heavy (non-hydrogen) atoms. The third kappa shape index (κ3) is 3.78. The van der Waals surface area contributed by atoms with E-state index < -0.39 is 12.0 Å². The number of nitrogens with one attached hydrogen (secondary N) is 2. The van der Waals surface area contributed by atoms with E-state index in [0.717, 1.165) is 0 Å². The Balaban J connectivity index is 2.04. The van der Waals surface area contributed by atoms with Crippen molar-refractivity contribution in [3.8, 4) is 0 Å². The molecule has 8 nitrogen and oxygen atoms in total. The summed E-state index contributed by atoms with van der Waals surface area (Å²) in [4.78, 5) is 22.9. The summed E-state index contributed by atoms with van der Waals surface area (Å²) in [5, 5.41) is 21.7. The maximum Gasteiger partial charge on any atom is 0.337 e. The van der Waals surface area contributed by atoms with Crippen molar-refractivity contribution >= 4 is 33.6 Å². The van der Waals surface area contributed by atoms with Gasteiger partial charge in [-0.25, -0.2) is 9.59 Å². The summed E-state index contributed by atoms with van der Waals surface area (Å²) in [5.74, 6) is -0.538. The summed E-state index contributed by atoms with van der Waals surface area (Å²) in [7, 11) is 1.76. The largest absolute Gasteiger partial charge is 0.478 e. The number of aromatic nitrogens is 3. The monoisotopic (exact) mass is 353 g/mol. The fourth-order valence-corrected chi connectivity index (χ4v) is 1.96. The summed E-state index contributed by atoms with van der Waals surface area (Å²) >= 11 is 3.23. The Morgan fingerprint density at radius 1 is 1.43 bits per heavy atom. The fraction of sp³-hybridized carbons (Fsp3) is 0.167. The predicted molar refractivity (Wildman–Crippen MR) is 78.0 cm³/mol. The summed E-state index contributed by atoms with van der Waals surface area (Å²) in [6.07, 6.45) is 1.52. The van der Waals surface area contributed by atoms with E-state index in [4.69, 9.17) is 5.11 Å². The van der Waals surface area contributed by atoms with E-state index in [1.165, 1.54) is 18.5 Å². The lowest BCUT2D eigenvalue weighted by molar-refractivity contribution is 0.0698. The van der Waals surface area contributed by atoms with Crippen molar-refractivity contribution in [2.75, 3.05) is 5.32 Å². The van der Waals surface area contributed by atoms with Gasteiger partial charge in [-0.1, -0.05) is 15.9 Å². The normalized spacial score (nSPS) is 10.2. The quantitative estimate of drug-likeness (QED) is 0.773. The number of rotatable bonds is 4. The van der Waals surface area contributed by atoms with Crippen LogP contribution in [0, 0.1) is 0 Å². The lowest BCUT2D eigenvalue weighted by atomic mass is 10.2. The van der Waals surface area contributed by atoms with Crippen LogP contribution >= 0.6 is 15.9 Å². The van der Waals surface area contributed by atoms with Crippen molar-refractivity contribution in [2.24, 2.45) is 7.05 Å². The molecule has 0 aliphatic heterocycles. The number of carbonyl (C=O) groups excluding carboxylic acids is 1. The first-order chi connectivity index (χ1) is 9.97. The molecule has 0 saturated heterocycles. The number of carboxylic acids is 1. The maximum atomic E-state index is 11.8. The van der Waals surface area contributed by atoms with Gasteiger partial charge in [0, 0.05) is 11.5 Å². The molecule has 0 unspecified atom stereocenters. The second-order valence-electron chi connectivity index (χ2n) is 4.16. The van der Waals surface area contributed by atoms with Gasteiger partial charge in [0.2, 0.25) is 0 Å². The molecule has 1 aromatic heterocycles. The molecule has 2 rings (SSSR count). The lowest BCUT2D eigenvalue weighted by Gasteiger charge is -2.10. The molecule has 3 N–H and O–H groups in total. The van der Waals surface area contributed by atoms with Crippen LogP contribution in [0.25, 0.3) is 0 Å². The standard InChI is InChI=1S/C12H12BrN5O3/c1-18-6-15-17-10(18)5-14-12(21)16-9-4-7(13)2-3-8(9)11(19)20/h2-4,6H,5H2,1H3,(H,19,20)(H2,14,16,21). The number of carbonyl (C=O) groups is 2. The number of urea groups is 1. The zero-order valence-electron chi connectivity index (χ0n) is 11.0. The summed E-state index contributed by atoms with van der Waals surface area (Å²) < 4.78 is 2.33. The average Bonchev–Trinajstić information content (AvgIpc) is 2.81. The third-order valence-corrected chi connectivity index (χ3v) is 3.17. The highest BCUT2D eigenvalue weighted by Gasteiger charge is 2.13. The molecule has 0 atom stereocenters. The fourth-order valence-electron chi connectivity index (χ4n) is 1.60. The Hall–Kier alpha value is -2.42. The van der Waals surface area contributed by atoms with Gasteiger partial charge in [-0.05, 0) is 18.2 Å². The number of hydrogen-bond donors (Lipinski definition) is 3. The molecular formula is C12H12BrN5O3. The van der Waals surface area contributed by atoms with Crippen LogP contribution in [-0.2, 0) is 13.6 Å². The minimum Gasteiger partial charge on any atom is -0.478 e. The number of aryl methyl sites for hydroxylation is 1. The number of carboxylic acid groups (broad SMARTS) is 1. The number of benzene rings is 1. The molecule has 0 radical (unpaired) electrons. The summed E-state index contributed by atoms with van der Waals surface area (Å²) in [6, 6.07) is 3.99. The first kappa shape index (κ1) is 15.0. The molecule has 0 aliphatic carbocycles. The van der Waals surface area contributed by atoms with E-state index in [-0.39, 0.29) is 17.8 Å². The molecule has 0 spiro atoms. The highest BCUT2D eigenvalue weighted by Crippen LogP contribution is 2.21. The minimum absolute atomic E-state index is 0.00649. The average molecular weight is 354 g/mol. The van der Waals surface area contributed by atoms with Gasteiger partial charge in [-0.3, -0.25) is 0 Å². The van der Waals surface area contributed by atoms with Crippen molar-refractivity contribution in [3.63, 3.8) is 0 Å². The van der Waals surface area contributed by atoms with E-state index in [1.54, 1.807) is 17.7 Å². The van der Waals surface area contributed by atoms with E-state index >= 15 is 0 Å². The van der Waals surface area contributed by atoms with Gasteiger partial charge in [0.25, 0.3) is 0 Å². The number of amides is 2. The Bertz CT molecular complexity index is 685. The molecule has 9 heteroatoms. The Morgan fingerprint density at radius 3 is 2.81 bits per heavy atom. The first-order valence-corrected chi connectivity index (χ1v) is 6.67. The van der Waals surface area contributed by atoms with Crippen LogP contribution in [0.2, 0.25) is 0 Å². The topological polar surface area (TPSA) is 109 Å². The highest BCUT2D eigenvalue weighted by molar-refractivity contribution is 9.10. The van der Waals surface area contributed by atoms with Gasteiger partial charge < -0.3 is 20.3 Å². The van der Waals surface area contributed by atoms with E-state index in [2.05, 4.69) is 36.8 Å². The predicted octanol–water partition coefficient (Wildman–Crippen LogP) is 1.60. The Morgan fingerprint density at radius 2 is 2.19 bits per heavy atom. The minimum atomic E-state index is -1.12. The summed E-state index contributed by atoms with van der Waals surface area (Å²) in [5.41, 5.74) is 0.208. The van der Waals surface area contributed by atoms with E-state index in [9.17, 15) is 9.59 Å². The first-order valence-electron chi connectivity index (χ1n) is 5.88. The van der Waals surface area contributed by atoms with Crippen LogP contribution < -0.4 is 10.6 Å². The van der Waals surface area contributed by atoms with Gasteiger partial charge in [0.1, 0.15) is 6.33 Å². The lowest BCUT2D eigenvalue weighted by Crippen LogP contribution is -2.29. The summed E-state index contributed by atoms with van der Waals surface area (Å²) in [6.45, 7) is 0.179. The van der Waals surface area contributed by atoms with Gasteiger partial charge in [-0.15, -0.1) is 10.2 Å². The van der Waals surface area contributed by atoms with Crippen molar-refractivity contribution in [3.05, 3.63) is 40.4 Å². The molecule has 0 fully saturated rings. The van der Waals surface area contributed by atoms with Crippen LogP contribution in [0.15, 0.2) is 29.0 Å². The van der Waals surface area contributed by atoms with Crippen molar-refractivity contribution in [1.82, 2.24) is 20.1 Å². The molecular weight excluding hydrogens is 342 g/mol. The Labute approximate surface area is 128 Å². The van der Waals surface area contributed by atoms with Gasteiger partial charge in [0.15, 0.2) is 5.82 Å². The zero-order chi connectivity index (χ0) is 15.4. The smallest absolute Gasteiger partial charge is 0.337 e. The SMILES string of the molecule is Cn1cnnc1CNC(=O)Nc1cc(Br)ccc1C(=O)O. The molecule has 0 saturated carbocycles. The number of aromatic carboxylic acids is 1. The molecule has 1 heterocycles. The van der Waals surface area contributed by atoms with Gasteiger partial charge in [0.05, 0.1) is 17.8 Å². The molecule has 110 valence electrons.